The van der Waals surface area contributed by atoms with Gasteiger partial charge in [-0.3, -0.25) is 0 Å². The van der Waals surface area contributed by atoms with Crippen molar-refractivity contribution in [1.82, 2.24) is 0 Å². The Kier molecular flexibility index (Phi) is 17.2. The standard InChI is InChI=1S/C54H36.C24H25BO2.C20H16/c1-5-15-37(16-6-1)43-29-44(38-17-7-2-8-18-38)32-47(31-43)41-25-27-51-49-23-13-14-24-50(49)52-28-26-42(36-54(52)53(51)35-41)48-33-45(39-19-9-3-10-20-39)30-46(34-48)40-21-11-4-12-22-40;1-23(2)24(3,4)27-25(26-23)22-16-20(18-11-7-5-8-12-18)15-21(17-22)19-13-9-6-10-14-19;1-13-7-9-17-15-5-3-4-6-16(15)18-10-8-14(2)12-20(18)19(17)11-13/h1-36H;5-17H,1-4H3;3-12H,1-2H3. The highest BCUT2D eigenvalue weighted by molar-refractivity contribution is 6.62. The molecular formula is C98H77BO2. The van der Waals surface area contributed by atoms with Gasteiger partial charge in [-0.2, -0.15) is 0 Å². The third-order valence-electron chi connectivity index (χ3n) is 20.6. The van der Waals surface area contributed by atoms with Crippen molar-refractivity contribution in [2.45, 2.75) is 52.7 Å². The summed E-state index contributed by atoms with van der Waals surface area (Å²) in [5.74, 6) is 0. The first-order valence-corrected chi connectivity index (χ1v) is 35.2. The van der Waals surface area contributed by atoms with Gasteiger partial charge in [0, 0.05) is 0 Å². The van der Waals surface area contributed by atoms with Gasteiger partial charge in [-0.25, -0.2) is 0 Å². The minimum atomic E-state index is -0.374. The molecule has 0 saturated carbocycles. The fraction of sp³-hybridized carbons (Fsp3) is 0.0816. The van der Waals surface area contributed by atoms with E-state index in [0.29, 0.717) is 0 Å². The Balaban J connectivity index is 0.000000139. The first kappa shape index (κ1) is 64.0. The van der Waals surface area contributed by atoms with Crippen LogP contribution in [0.3, 0.4) is 0 Å². The zero-order chi connectivity index (χ0) is 68.6. The second-order valence-corrected chi connectivity index (χ2v) is 27.9. The monoisotopic (exact) mass is 1300 g/mol. The molecule has 1 aliphatic rings. The molecule has 2 nitrogen and oxygen atoms in total. The summed E-state index contributed by atoms with van der Waals surface area (Å²) < 4.78 is 12.6. The molecule has 0 aromatic heterocycles. The van der Waals surface area contributed by atoms with Crippen LogP contribution in [0.25, 0.3) is 154 Å². The summed E-state index contributed by atoms with van der Waals surface area (Å²) in [6.07, 6.45) is 0. The average Bonchev–Trinajstić information content (AvgIpc) is 1.44. The van der Waals surface area contributed by atoms with Crippen LogP contribution in [0, 0.1) is 13.8 Å². The maximum atomic E-state index is 6.31. The van der Waals surface area contributed by atoms with Crippen LogP contribution in [0.4, 0.5) is 0 Å². The predicted octanol–water partition coefficient (Wildman–Crippen LogP) is 26.2. The summed E-state index contributed by atoms with van der Waals surface area (Å²) >= 11 is 0. The van der Waals surface area contributed by atoms with Crippen LogP contribution in [0.15, 0.2) is 358 Å². The lowest BCUT2D eigenvalue weighted by Gasteiger charge is -2.32. The van der Waals surface area contributed by atoms with Crippen LogP contribution < -0.4 is 5.46 Å². The van der Waals surface area contributed by atoms with Crippen molar-refractivity contribution in [2.75, 3.05) is 0 Å². The fourth-order valence-electron chi connectivity index (χ4n) is 14.6. The third kappa shape index (κ3) is 13.0. The van der Waals surface area contributed by atoms with E-state index in [1.807, 2.05) is 12.1 Å². The van der Waals surface area contributed by atoms with Crippen LogP contribution in [-0.2, 0) is 9.31 Å². The molecule has 18 rings (SSSR count). The lowest BCUT2D eigenvalue weighted by atomic mass is 9.76. The molecule has 17 aromatic carbocycles. The van der Waals surface area contributed by atoms with Crippen molar-refractivity contribution < 1.29 is 9.31 Å². The van der Waals surface area contributed by atoms with Gasteiger partial charge in [0.1, 0.15) is 0 Å². The predicted molar refractivity (Wildman–Crippen MR) is 433 cm³/mol. The molecule has 0 unspecified atom stereocenters. The zero-order valence-corrected chi connectivity index (χ0v) is 58.0. The van der Waals surface area contributed by atoms with Crippen molar-refractivity contribution in [3.05, 3.63) is 369 Å². The Hall–Kier alpha value is -11.7. The summed E-state index contributed by atoms with van der Waals surface area (Å²) in [5, 5.41) is 15.7. The van der Waals surface area contributed by atoms with E-state index >= 15 is 0 Å². The van der Waals surface area contributed by atoms with E-state index in [2.05, 4.69) is 387 Å². The smallest absolute Gasteiger partial charge is 0.399 e. The van der Waals surface area contributed by atoms with Crippen molar-refractivity contribution in [2.24, 2.45) is 0 Å². The first-order valence-electron chi connectivity index (χ1n) is 35.2. The molecule has 1 saturated heterocycles. The number of benzene rings is 17. The molecule has 0 atom stereocenters. The van der Waals surface area contributed by atoms with Crippen molar-refractivity contribution in [3.63, 3.8) is 0 Å². The van der Waals surface area contributed by atoms with Crippen LogP contribution in [0.5, 0.6) is 0 Å². The average molecular weight is 1300 g/mol. The number of hydrogen-bond donors (Lipinski definition) is 0. The molecule has 1 heterocycles. The Morgan fingerprint density at radius 1 is 0.178 bits per heavy atom. The SMILES string of the molecule is CC1(C)OB(c2cc(-c3ccccc3)cc(-c3ccccc3)c2)OC1(C)C.Cc1ccc2c3ccccc3c3ccc(C)cc3c2c1.c1ccc(-c2cc(-c3ccccc3)cc(-c3ccc4c5ccccc5c5ccc(-c6cc(-c7ccccc7)cc(-c7ccccc7)c6)cc5c4c3)c2)cc1. The highest BCUT2D eigenvalue weighted by Gasteiger charge is 2.52. The Labute approximate surface area is 593 Å². The number of rotatable bonds is 9. The van der Waals surface area contributed by atoms with Gasteiger partial charge in [-0.05, 0) is 255 Å². The highest BCUT2D eigenvalue weighted by Crippen LogP contribution is 2.44. The van der Waals surface area contributed by atoms with E-state index < -0.39 is 0 Å². The van der Waals surface area contributed by atoms with Gasteiger partial charge in [-0.15, -0.1) is 0 Å². The van der Waals surface area contributed by atoms with Gasteiger partial charge >= 0.3 is 7.12 Å². The van der Waals surface area contributed by atoms with Gasteiger partial charge in [0.15, 0.2) is 0 Å². The van der Waals surface area contributed by atoms with Gasteiger partial charge < -0.3 is 9.31 Å². The van der Waals surface area contributed by atoms with Crippen LogP contribution in [0.2, 0.25) is 0 Å². The molecular weight excluding hydrogens is 1220 g/mol. The van der Waals surface area contributed by atoms with Crippen LogP contribution in [0.1, 0.15) is 38.8 Å². The first-order chi connectivity index (χ1) is 49.3. The molecule has 0 spiro atoms. The van der Waals surface area contributed by atoms with E-state index in [1.54, 1.807) is 0 Å². The number of aryl methyl sites for hydroxylation is 2. The molecule has 0 N–H and O–H groups in total. The van der Waals surface area contributed by atoms with E-state index in [0.717, 1.165) is 5.46 Å². The molecule has 0 bridgehead atoms. The minimum Gasteiger partial charge on any atom is -0.399 e. The second-order valence-electron chi connectivity index (χ2n) is 27.9. The molecule has 1 aliphatic heterocycles. The van der Waals surface area contributed by atoms with Gasteiger partial charge in [0.05, 0.1) is 11.2 Å². The maximum Gasteiger partial charge on any atom is 0.494 e. The van der Waals surface area contributed by atoms with E-state index in [-0.39, 0.29) is 18.3 Å². The van der Waals surface area contributed by atoms with Gasteiger partial charge in [0.2, 0.25) is 0 Å². The molecule has 0 radical (unpaired) electrons. The van der Waals surface area contributed by atoms with Crippen LogP contribution in [-0.4, -0.2) is 18.3 Å². The zero-order valence-electron chi connectivity index (χ0n) is 58.0. The second kappa shape index (κ2) is 27.2. The summed E-state index contributed by atoms with van der Waals surface area (Å²) in [6, 6.07) is 130. The fourth-order valence-corrected chi connectivity index (χ4v) is 14.6. The summed E-state index contributed by atoms with van der Waals surface area (Å²) in [4.78, 5) is 0. The summed E-state index contributed by atoms with van der Waals surface area (Å²) in [5.41, 5.74) is 22.2. The summed E-state index contributed by atoms with van der Waals surface area (Å²) in [7, 11) is -0.374. The van der Waals surface area contributed by atoms with Crippen LogP contribution >= 0.6 is 0 Å². The molecule has 0 aliphatic carbocycles. The highest BCUT2D eigenvalue weighted by atomic mass is 16.7. The quantitative estimate of drug-likeness (QED) is 0.106. The van der Waals surface area contributed by atoms with Crippen molar-refractivity contribution >= 4 is 77.2 Å². The van der Waals surface area contributed by atoms with E-state index in [9.17, 15) is 0 Å². The van der Waals surface area contributed by atoms with Crippen molar-refractivity contribution in [3.8, 4) is 89.0 Å². The lowest BCUT2D eigenvalue weighted by Crippen LogP contribution is -2.41. The lowest BCUT2D eigenvalue weighted by molar-refractivity contribution is 0.00578. The normalized spacial score (nSPS) is 13.1. The molecule has 1 fully saturated rings. The topological polar surface area (TPSA) is 18.5 Å². The molecule has 3 heteroatoms. The molecule has 0 amide bonds. The Morgan fingerprint density at radius 3 is 0.653 bits per heavy atom. The van der Waals surface area contributed by atoms with E-state index in [4.69, 9.17) is 9.31 Å². The largest absolute Gasteiger partial charge is 0.494 e. The van der Waals surface area contributed by atoms with Gasteiger partial charge in [-0.1, -0.05) is 314 Å². The Bertz CT molecular complexity index is 5420. The molecule has 484 valence electrons. The number of hydrogen-bond acceptors (Lipinski definition) is 2. The minimum absolute atomic E-state index is 0.354. The van der Waals surface area contributed by atoms with E-state index in [1.165, 1.54) is 165 Å². The third-order valence-corrected chi connectivity index (χ3v) is 20.6. The van der Waals surface area contributed by atoms with Crippen molar-refractivity contribution in [1.29, 1.82) is 0 Å². The molecule has 17 aromatic rings. The molecule has 101 heavy (non-hydrogen) atoms. The van der Waals surface area contributed by atoms with Gasteiger partial charge in [0.25, 0.3) is 0 Å². The Morgan fingerprint density at radius 2 is 0.386 bits per heavy atom. The number of fused-ring (bicyclic) bond motifs is 12. The maximum absolute atomic E-state index is 6.31. The summed E-state index contributed by atoms with van der Waals surface area (Å²) in [6.45, 7) is 12.7.